The van der Waals surface area contributed by atoms with Gasteiger partial charge in [-0.2, -0.15) is 0 Å². The summed E-state index contributed by atoms with van der Waals surface area (Å²) in [6.07, 6.45) is 2.49. The molecule has 0 heterocycles. The zero-order valence-electron chi connectivity index (χ0n) is 9.79. The average molecular weight is 223 g/mol. The van der Waals surface area contributed by atoms with E-state index in [0.717, 1.165) is 6.54 Å². The van der Waals surface area contributed by atoms with E-state index in [0.29, 0.717) is 17.7 Å². The molecule has 0 aliphatic rings. The van der Waals surface area contributed by atoms with Crippen molar-refractivity contribution < 1.29 is 9.13 Å². The van der Waals surface area contributed by atoms with Gasteiger partial charge in [0, 0.05) is 17.7 Å². The quantitative estimate of drug-likeness (QED) is 0.748. The molecule has 0 saturated heterocycles. The van der Waals surface area contributed by atoms with Gasteiger partial charge in [0.1, 0.15) is 11.6 Å². The van der Waals surface area contributed by atoms with Crippen molar-refractivity contribution in [1.29, 1.82) is 0 Å². The highest BCUT2D eigenvalue weighted by Crippen LogP contribution is 2.24. The highest BCUT2D eigenvalue weighted by Gasteiger charge is 2.13. The van der Waals surface area contributed by atoms with Crippen molar-refractivity contribution in [3.63, 3.8) is 0 Å². The number of hydrogen-bond donors (Lipinski definition) is 1. The molecule has 0 saturated carbocycles. The van der Waals surface area contributed by atoms with E-state index < -0.39 is 0 Å². The molecule has 1 unspecified atom stereocenters. The van der Waals surface area contributed by atoms with Gasteiger partial charge >= 0.3 is 0 Å². The second kappa shape index (κ2) is 6.28. The molecule has 1 aromatic carbocycles. The first-order valence-corrected chi connectivity index (χ1v) is 5.40. The monoisotopic (exact) mass is 223 g/mol. The molecular weight excluding hydrogens is 205 g/mol. The molecule has 0 aromatic heterocycles. The molecule has 1 N–H and O–H groups in total. The van der Waals surface area contributed by atoms with E-state index in [2.05, 4.69) is 11.9 Å². The first-order chi connectivity index (χ1) is 7.72. The van der Waals surface area contributed by atoms with Gasteiger partial charge in [0.2, 0.25) is 0 Å². The lowest BCUT2D eigenvalue weighted by Crippen LogP contribution is -2.21. The van der Waals surface area contributed by atoms with Crippen LogP contribution in [-0.2, 0) is 0 Å². The molecule has 3 heteroatoms. The lowest BCUT2D eigenvalue weighted by Gasteiger charge is -2.17. The van der Waals surface area contributed by atoms with Crippen LogP contribution in [-0.4, -0.2) is 13.7 Å². The number of methoxy groups -OCH3 is 1. The number of halogens is 1. The summed E-state index contributed by atoms with van der Waals surface area (Å²) in [6.45, 7) is 6.48. The van der Waals surface area contributed by atoms with Crippen LogP contribution in [0.4, 0.5) is 4.39 Å². The third-order valence-corrected chi connectivity index (χ3v) is 2.44. The molecule has 0 amide bonds. The second-order valence-corrected chi connectivity index (χ2v) is 3.52. The third-order valence-electron chi connectivity index (χ3n) is 2.44. The zero-order chi connectivity index (χ0) is 12.0. The Morgan fingerprint density at radius 2 is 2.31 bits per heavy atom. The fourth-order valence-electron chi connectivity index (χ4n) is 1.65. The topological polar surface area (TPSA) is 21.3 Å². The number of nitrogens with one attached hydrogen (secondary N) is 1. The normalized spacial score (nSPS) is 12.2. The summed E-state index contributed by atoms with van der Waals surface area (Å²) in [5, 5.41) is 3.23. The molecule has 0 radical (unpaired) electrons. The summed E-state index contributed by atoms with van der Waals surface area (Å²) in [7, 11) is 1.53. The van der Waals surface area contributed by atoms with Crippen molar-refractivity contribution in [1.82, 2.24) is 5.32 Å². The van der Waals surface area contributed by atoms with Gasteiger partial charge in [-0.05, 0) is 19.0 Å². The van der Waals surface area contributed by atoms with Gasteiger partial charge < -0.3 is 10.1 Å². The molecule has 2 nitrogen and oxygen atoms in total. The first kappa shape index (κ1) is 12.7. The van der Waals surface area contributed by atoms with E-state index in [1.807, 2.05) is 6.92 Å². The van der Waals surface area contributed by atoms with Gasteiger partial charge in [-0.25, -0.2) is 4.39 Å². The van der Waals surface area contributed by atoms with Crippen LogP contribution < -0.4 is 10.1 Å². The standard InChI is InChI=1S/C13H18FNO/c1-4-6-13(15-5-2)11-8-7-10(16-3)9-12(11)14/h4,7-9,13,15H,1,5-6H2,2-3H3. The van der Waals surface area contributed by atoms with Crippen molar-refractivity contribution in [2.75, 3.05) is 13.7 Å². The van der Waals surface area contributed by atoms with Crippen LogP contribution >= 0.6 is 0 Å². The van der Waals surface area contributed by atoms with Gasteiger partial charge in [-0.1, -0.05) is 19.1 Å². The molecule has 0 fully saturated rings. The largest absolute Gasteiger partial charge is 0.497 e. The van der Waals surface area contributed by atoms with Gasteiger partial charge in [-0.3, -0.25) is 0 Å². The maximum absolute atomic E-state index is 13.8. The SMILES string of the molecule is C=CCC(NCC)c1ccc(OC)cc1F. The van der Waals surface area contributed by atoms with Crippen molar-refractivity contribution >= 4 is 0 Å². The van der Waals surface area contributed by atoms with Crippen molar-refractivity contribution in [2.24, 2.45) is 0 Å². The van der Waals surface area contributed by atoms with E-state index in [4.69, 9.17) is 4.74 Å². The van der Waals surface area contributed by atoms with E-state index in [1.54, 1.807) is 18.2 Å². The van der Waals surface area contributed by atoms with Gasteiger partial charge in [0.05, 0.1) is 7.11 Å². The Morgan fingerprint density at radius 3 is 2.81 bits per heavy atom. The maximum Gasteiger partial charge on any atom is 0.131 e. The minimum atomic E-state index is -0.243. The zero-order valence-corrected chi connectivity index (χ0v) is 9.79. The fourth-order valence-corrected chi connectivity index (χ4v) is 1.65. The average Bonchev–Trinajstić information content (AvgIpc) is 2.29. The molecule has 0 bridgehead atoms. The smallest absolute Gasteiger partial charge is 0.131 e. The van der Waals surface area contributed by atoms with Crippen molar-refractivity contribution in [3.05, 3.63) is 42.2 Å². The Labute approximate surface area is 96.1 Å². The van der Waals surface area contributed by atoms with Crippen LogP contribution in [0.15, 0.2) is 30.9 Å². The molecular formula is C13H18FNO. The number of ether oxygens (including phenoxy) is 1. The summed E-state index contributed by atoms with van der Waals surface area (Å²) in [5.74, 6) is 0.294. The van der Waals surface area contributed by atoms with Crippen molar-refractivity contribution in [3.8, 4) is 5.75 Å². The molecule has 16 heavy (non-hydrogen) atoms. The molecule has 0 aliphatic carbocycles. The lowest BCUT2D eigenvalue weighted by atomic mass is 10.0. The van der Waals surface area contributed by atoms with Gasteiger partial charge in [0.15, 0.2) is 0 Å². The van der Waals surface area contributed by atoms with E-state index in [1.165, 1.54) is 13.2 Å². The van der Waals surface area contributed by atoms with E-state index in [-0.39, 0.29) is 11.9 Å². The maximum atomic E-state index is 13.8. The van der Waals surface area contributed by atoms with Crippen LogP contribution in [0.5, 0.6) is 5.75 Å². The Hall–Kier alpha value is -1.35. The Morgan fingerprint density at radius 1 is 1.56 bits per heavy atom. The summed E-state index contributed by atoms with van der Waals surface area (Å²) >= 11 is 0. The van der Waals surface area contributed by atoms with Crippen LogP contribution in [0.3, 0.4) is 0 Å². The molecule has 88 valence electrons. The molecule has 0 spiro atoms. The highest BCUT2D eigenvalue weighted by atomic mass is 19.1. The fraction of sp³-hybridized carbons (Fsp3) is 0.385. The van der Waals surface area contributed by atoms with Crippen LogP contribution in [0.1, 0.15) is 24.9 Å². The minimum absolute atomic E-state index is 0.0200. The lowest BCUT2D eigenvalue weighted by molar-refractivity contribution is 0.409. The first-order valence-electron chi connectivity index (χ1n) is 5.40. The molecule has 1 rings (SSSR count). The molecule has 0 aliphatic heterocycles. The van der Waals surface area contributed by atoms with Crippen molar-refractivity contribution in [2.45, 2.75) is 19.4 Å². The van der Waals surface area contributed by atoms with E-state index in [9.17, 15) is 4.39 Å². The van der Waals surface area contributed by atoms with Crippen LogP contribution in [0.2, 0.25) is 0 Å². The van der Waals surface area contributed by atoms with Gasteiger partial charge in [0.25, 0.3) is 0 Å². The van der Waals surface area contributed by atoms with Crippen LogP contribution in [0.25, 0.3) is 0 Å². The number of hydrogen-bond acceptors (Lipinski definition) is 2. The summed E-state index contributed by atoms with van der Waals surface area (Å²) < 4.78 is 18.7. The third kappa shape index (κ3) is 3.07. The van der Waals surface area contributed by atoms with Gasteiger partial charge in [-0.15, -0.1) is 6.58 Å². The predicted molar refractivity (Wildman–Crippen MR) is 64.2 cm³/mol. The predicted octanol–water partition coefficient (Wildman–Crippen LogP) is 3.06. The van der Waals surface area contributed by atoms with Crippen LogP contribution in [0, 0.1) is 5.82 Å². The minimum Gasteiger partial charge on any atom is -0.497 e. The summed E-state index contributed by atoms with van der Waals surface area (Å²) in [5.41, 5.74) is 0.655. The summed E-state index contributed by atoms with van der Waals surface area (Å²) in [6, 6.07) is 4.91. The Bertz CT molecular complexity index is 352. The Balaban J connectivity index is 2.94. The summed E-state index contributed by atoms with van der Waals surface area (Å²) in [4.78, 5) is 0. The second-order valence-electron chi connectivity index (χ2n) is 3.52. The highest BCUT2D eigenvalue weighted by molar-refractivity contribution is 5.31. The molecule has 1 atom stereocenters. The molecule has 1 aromatic rings. The number of benzene rings is 1. The van der Waals surface area contributed by atoms with E-state index >= 15 is 0 Å². The Kier molecular flexibility index (Phi) is 4.99. The number of rotatable bonds is 6.